The topological polar surface area (TPSA) is 141 Å². The molecule has 9 nitrogen and oxygen atoms in total. The molecule has 1 atom stereocenters. The zero-order valence-corrected chi connectivity index (χ0v) is 18.6. The van der Waals surface area contributed by atoms with Crippen molar-refractivity contribution in [2.45, 2.75) is 6.10 Å². The van der Waals surface area contributed by atoms with Crippen LogP contribution in [0.4, 0.5) is 16.2 Å². The number of fused-ring (bicyclic) bond motifs is 1. The summed E-state index contributed by atoms with van der Waals surface area (Å²) in [5.74, 6) is 0.547. The molecule has 4 rings (SSSR count). The molecule has 0 radical (unpaired) electrons. The number of nitrogens with one attached hydrogen (secondary N) is 2. The van der Waals surface area contributed by atoms with Gasteiger partial charge in [0.15, 0.2) is 6.10 Å². The minimum atomic E-state index is -0.766. The predicted molar refractivity (Wildman–Crippen MR) is 131 cm³/mol. The van der Waals surface area contributed by atoms with Crippen LogP contribution >= 0.6 is 11.3 Å². The molecule has 4 N–H and O–H groups in total. The van der Waals surface area contributed by atoms with E-state index in [1.54, 1.807) is 12.1 Å². The summed E-state index contributed by atoms with van der Waals surface area (Å²) in [6.07, 6.45) is -1.39. The van der Waals surface area contributed by atoms with Crippen molar-refractivity contribution < 1.29 is 19.2 Å². The van der Waals surface area contributed by atoms with Gasteiger partial charge in [-0.15, -0.1) is 11.3 Å². The van der Waals surface area contributed by atoms with Gasteiger partial charge < -0.3 is 15.2 Å². The second kappa shape index (κ2) is 10.0. The Labute approximate surface area is 198 Å². The SMILES string of the molecule is N=C(N)c1cc2c(OC(COC(=O)Nc3cccc([N+](=O)[O-])c3)c3ccccc3)cccc2s1. The van der Waals surface area contributed by atoms with Crippen LogP contribution in [0.15, 0.2) is 78.9 Å². The molecule has 0 saturated carbocycles. The van der Waals surface area contributed by atoms with Gasteiger partial charge in [0.2, 0.25) is 0 Å². The summed E-state index contributed by atoms with van der Waals surface area (Å²) in [6, 6.07) is 22.3. The summed E-state index contributed by atoms with van der Waals surface area (Å²) in [5.41, 5.74) is 6.54. The van der Waals surface area contributed by atoms with Crippen LogP contribution in [-0.2, 0) is 4.74 Å². The largest absolute Gasteiger partial charge is 0.481 e. The molecular formula is C24H20N4O5S. The molecule has 10 heteroatoms. The number of nitrogens with two attached hydrogens (primary N) is 1. The second-order valence-electron chi connectivity index (χ2n) is 7.24. The normalized spacial score (nSPS) is 11.5. The van der Waals surface area contributed by atoms with Crippen molar-refractivity contribution in [2.24, 2.45) is 5.73 Å². The fraction of sp³-hybridized carbons (Fsp3) is 0.0833. The number of amides is 1. The van der Waals surface area contributed by atoms with Crippen molar-refractivity contribution in [1.82, 2.24) is 0 Å². The van der Waals surface area contributed by atoms with E-state index in [2.05, 4.69) is 5.32 Å². The third kappa shape index (κ3) is 5.30. The third-order valence-electron chi connectivity index (χ3n) is 4.90. The monoisotopic (exact) mass is 476 g/mol. The highest BCUT2D eigenvalue weighted by Crippen LogP contribution is 2.35. The zero-order valence-electron chi connectivity index (χ0n) is 17.8. The lowest BCUT2D eigenvalue weighted by atomic mass is 10.1. The Kier molecular flexibility index (Phi) is 6.69. The maximum Gasteiger partial charge on any atom is 0.411 e. The number of thiophene rings is 1. The maximum absolute atomic E-state index is 12.4. The van der Waals surface area contributed by atoms with E-state index in [0.717, 1.165) is 15.6 Å². The molecule has 4 aromatic rings. The lowest BCUT2D eigenvalue weighted by molar-refractivity contribution is -0.384. The van der Waals surface area contributed by atoms with E-state index in [-0.39, 0.29) is 23.8 Å². The number of nitrogens with zero attached hydrogens (tertiary/aromatic N) is 1. The number of nitro benzene ring substituents is 1. The van der Waals surface area contributed by atoms with Crippen LogP contribution in [0.5, 0.6) is 5.75 Å². The molecule has 172 valence electrons. The van der Waals surface area contributed by atoms with Gasteiger partial charge in [0.05, 0.1) is 15.5 Å². The van der Waals surface area contributed by atoms with Crippen molar-refractivity contribution in [3.63, 3.8) is 0 Å². The number of anilines is 1. The molecule has 1 aromatic heterocycles. The van der Waals surface area contributed by atoms with E-state index in [1.165, 1.54) is 35.6 Å². The van der Waals surface area contributed by atoms with Crippen molar-refractivity contribution >= 4 is 44.7 Å². The van der Waals surface area contributed by atoms with Gasteiger partial charge in [-0.1, -0.05) is 42.5 Å². The Morgan fingerprint density at radius 3 is 2.59 bits per heavy atom. The van der Waals surface area contributed by atoms with Crippen LogP contribution in [0.25, 0.3) is 10.1 Å². The predicted octanol–water partition coefficient (Wildman–Crippen LogP) is 5.46. The average Bonchev–Trinajstić information content (AvgIpc) is 3.28. The summed E-state index contributed by atoms with van der Waals surface area (Å²) < 4.78 is 12.6. The Hall–Kier alpha value is -4.44. The summed E-state index contributed by atoms with van der Waals surface area (Å²) >= 11 is 1.39. The van der Waals surface area contributed by atoms with Gasteiger partial charge in [-0.3, -0.25) is 20.8 Å². The van der Waals surface area contributed by atoms with Crippen LogP contribution in [0.3, 0.4) is 0 Å². The molecule has 1 heterocycles. The second-order valence-corrected chi connectivity index (χ2v) is 8.32. The minimum Gasteiger partial charge on any atom is -0.481 e. The fourth-order valence-corrected chi connectivity index (χ4v) is 4.23. The van der Waals surface area contributed by atoms with Gasteiger partial charge in [0.25, 0.3) is 5.69 Å². The maximum atomic E-state index is 12.4. The number of carbonyl (C=O) groups excluding carboxylic acids is 1. The summed E-state index contributed by atoms with van der Waals surface area (Å²) in [5, 5.41) is 21.9. The molecular weight excluding hydrogens is 456 g/mol. The number of hydrogen-bond donors (Lipinski definition) is 3. The molecule has 3 aromatic carbocycles. The first-order valence-electron chi connectivity index (χ1n) is 10.2. The van der Waals surface area contributed by atoms with Gasteiger partial charge >= 0.3 is 6.09 Å². The lowest BCUT2D eigenvalue weighted by Crippen LogP contribution is -2.21. The Bertz CT molecular complexity index is 1360. The summed E-state index contributed by atoms with van der Waals surface area (Å²) in [4.78, 5) is 23.4. The van der Waals surface area contributed by atoms with E-state index in [0.29, 0.717) is 10.6 Å². The molecule has 0 aliphatic rings. The Morgan fingerprint density at radius 2 is 1.85 bits per heavy atom. The molecule has 0 spiro atoms. The molecule has 1 amide bonds. The third-order valence-corrected chi connectivity index (χ3v) is 6.03. The quantitative estimate of drug-likeness (QED) is 0.133. The van der Waals surface area contributed by atoms with Crippen molar-refractivity contribution in [1.29, 1.82) is 5.41 Å². The number of rotatable bonds is 8. The number of nitrogen functional groups attached to an aromatic ring is 1. The number of ether oxygens (including phenoxy) is 2. The smallest absolute Gasteiger partial charge is 0.411 e. The summed E-state index contributed by atoms with van der Waals surface area (Å²) in [7, 11) is 0. The number of nitro groups is 1. The van der Waals surface area contributed by atoms with Crippen molar-refractivity contribution in [2.75, 3.05) is 11.9 Å². The molecule has 0 bridgehead atoms. The van der Waals surface area contributed by atoms with E-state index in [9.17, 15) is 14.9 Å². The molecule has 0 aliphatic heterocycles. The first-order chi connectivity index (χ1) is 16.4. The first-order valence-corrected chi connectivity index (χ1v) is 11.0. The molecule has 34 heavy (non-hydrogen) atoms. The zero-order chi connectivity index (χ0) is 24.1. The number of amidine groups is 1. The van der Waals surface area contributed by atoms with Crippen LogP contribution in [-0.4, -0.2) is 23.5 Å². The van der Waals surface area contributed by atoms with Crippen LogP contribution in [0, 0.1) is 15.5 Å². The Morgan fingerprint density at radius 1 is 1.09 bits per heavy atom. The molecule has 1 unspecified atom stereocenters. The van der Waals surface area contributed by atoms with E-state index in [4.69, 9.17) is 20.6 Å². The Balaban J connectivity index is 1.52. The highest BCUT2D eigenvalue weighted by molar-refractivity contribution is 7.20. The van der Waals surface area contributed by atoms with Gasteiger partial charge in [-0.05, 0) is 29.8 Å². The van der Waals surface area contributed by atoms with Gasteiger partial charge in [0, 0.05) is 22.2 Å². The van der Waals surface area contributed by atoms with E-state index < -0.39 is 17.1 Å². The number of non-ortho nitro benzene ring substituents is 1. The first kappa shape index (κ1) is 22.7. The average molecular weight is 477 g/mol. The van der Waals surface area contributed by atoms with Crippen LogP contribution in [0.1, 0.15) is 16.5 Å². The number of hydrogen-bond acceptors (Lipinski definition) is 7. The molecule has 0 aliphatic carbocycles. The summed E-state index contributed by atoms with van der Waals surface area (Å²) in [6.45, 7) is -0.106. The van der Waals surface area contributed by atoms with E-state index in [1.807, 2.05) is 42.5 Å². The van der Waals surface area contributed by atoms with E-state index >= 15 is 0 Å². The van der Waals surface area contributed by atoms with Gasteiger partial charge in [-0.2, -0.15) is 0 Å². The van der Waals surface area contributed by atoms with Crippen molar-refractivity contribution in [3.05, 3.63) is 99.4 Å². The van der Waals surface area contributed by atoms with Crippen molar-refractivity contribution in [3.8, 4) is 5.75 Å². The van der Waals surface area contributed by atoms with Crippen LogP contribution < -0.4 is 15.8 Å². The molecule has 0 saturated heterocycles. The fourth-order valence-electron chi connectivity index (χ4n) is 3.29. The highest BCUT2D eigenvalue weighted by atomic mass is 32.1. The van der Waals surface area contributed by atoms with Crippen LogP contribution in [0.2, 0.25) is 0 Å². The molecule has 0 fully saturated rings. The highest BCUT2D eigenvalue weighted by Gasteiger charge is 2.19. The minimum absolute atomic E-state index is 0.0205. The lowest BCUT2D eigenvalue weighted by Gasteiger charge is -2.20. The number of benzene rings is 3. The standard InChI is InChI=1S/C24H20N4O5S/c25-23(26)22-13-18-19(10-5-11-21(18)34-22)33-20(15-6-2-1-3-7-15)14-32-24(29)27-16-8-4-9-17(12-16)28(30)31/h1-13,20H,14H2,(H3,25,26)(H,27,29). The van der Waals surface area contributed by atoms with Gasteiger partial charge in [-0.25, -0.2) is 4.79 Å². The number of carbonyl (C=O) groups is 1. The van der Waals surface area contributed by atoms with Gasteiger partial charge in [0.1, 0.15) is 18.2 Å².